The van der Waals surface area contributed by atoms with Crippen LogP contribution in [0.2, 0.25) is 5.02 Å². The van der Waals surface area contributed by atoms with E-state index in [9.17, 15) is 13.2 Å². The number of halogens is 1. The number of amides is 1. The van der Waals surface area contributed by atoms with Gasteiger partial charge in [0.2, 0.25) is 15.9 Å². The number of hydrogen-bond donors (Lipinski definition) is 1. The van der Waals surface area contributed by atoms with Gasteiger partial charge in [0.25, 0.3) is 0 Å². The molecule has 8 heteroatoms. The maximum Gasteiger partial charge on any atom is 0.244 e. The van der Waals surface area contributed by atoms with E-state index in [0.29, 0.717) is 22.9 Å². The zero-order valence-corrected chi connectivity index (χ0v) is 16.8. The summed E-state index contributed by atoms with van der Waals surface area (Å²) in [6, 6.07) is 14.7. The summed E-state index contributed by atoms with van der Waals surface area (Å²) in [5, 5.41) is 3.36. The van der Waals surface area contributed by atoms with E-state index in [1.54, 1.807) is 61.5 Å². The van der Waals surface area contributed by atoms with Gasteiger partial charge in [0, 0.05) is 5.02 Å². The molecule has 0 heterocycles. The van der Waals surface area contributed by atoms with E-state index in [1.165, 1.54) is 0 Å². The van der Waals surface area contributed by atoms with Gasteiger partial charge in [0.1, 0.15) is 18.4 Å². The van der Waals surface area contributed by atoms with Crippen molar-refractivity contribution in [2.24, 2.45) is 0 Å². The molecule has 0 aliphatic carbocycles. The number of sulfonamides is 1. The Labute approximate surface area is 165 Å². The Bertz CT molecular complexity index is 842. The summed E-state index contributed by atoms with van der Waals surface area (Å²) < 4.78 is 31.3. The van der Waals surface area contributed by atoms with Crippen LogP contribution in [0.1, 0.15) is 13.3 Å². The molecule has 6 nitrogen and oxygen atoms in total. The molecule has 1 amide bonds. The fourth-order valence-electron chi connectivity index (χ4n) is 2.63. The third kappa shape index (κ3) is 6.15. The Hall–Kier alpha value is -2.25. The maximum absolute atomic E-state index is 12.6. The second kappa shape index (κ2) is 9.62. The van der Waals surface area contributed by atoms with E-state index in [0.717, 1.165) is 10.6 Å². The van der Waals surface area contributed by atoms with Crippen molar-refractivity contribution in [2.45, 2.75) is 19.4 Å². The number of carbonyl (C=O) groups excluding carboxylic acids is 1. The van der Waals surface area contributed by atoms with E-state index in [1.807, 2.05) is 0 Å². The summed E-state index contributed by atoms with van der Waals surface area (Å²) in [5.74, 6) is 0.272. The molecule has 0 spiro atoms. The molecule has 0 aliphatic heterocycles. The summed E-state index contributed by atoms with van der Waals surface area (Å²) in [4.78, 5) is 12.6. The number of ether oxygens (including phenoxy) is 1. The largest absolute Gasteiger partial charge is 0.492 e. The highest BCUT2D eigenvalue weighted by atomic mass is 35.5. The first-order valence-electron chi connectivity index (χ1n) is 8.53. The van der Waals surface area contributed by atoms with Crippen LogP contribution in [0, 0.1) is 0 Å². The molecule has 0 saturated heterocycles. The number of nitrogens with zero attached hydrogens (tertiary/aromatic N) is 1. The average Bonchev–Trinajstić information content (AvgIpc) is 2.64. The molecule has 27 heavy (non-hydrogen) atoms. The highest BCUT2D eigenvalue weighted by Crippen LogP contribution is 2.22. The van der Waals surface area contributed by atoms with Crippen molar-refractivity contribution in [3.05, 3.63) is 59.6 Å². The second-order valence-electron chi connectivity index (χ2n) is 5.91. The highest BCUT2D eigenvalue weighted by Gasteiger charge is 2.31. The lowest BCUT2D eigenvalue weighted by Crippen LogP contribution is -2.49. The van der Waals surface area contributed by atoms with Gasteiger partial charge in [0.05, 0.1) is 18.5 Å². The summed E-state index contributed by atoms with van der Waals surface area (Å²) >= 11 is 5.82. The van der Waals surface area contributed by atoms with Gasteiger partial charge in [-0.15, -0.1) is 0 Å². The molecule has 0 fully saturated rings. The fraction of sp³-hybridized carbons (Fsp3) is 0.316. The monoisotopic (exact) mass is 410 g/mol. The Morgan fingerprint density at radius 1 is 1.15 bits per heavy atom. The Balaban J connectivity index is 1.99. The molecule has 2 aromatic rings. The molecule has 0 radical (unpaired) electrons. The van der Waals surface area contributed by atoms with Gasteiger partial charge in [-0.25, -0.2) is 8.42 Å². The first-order valence-corrected chi connectivity index (χ1v) is 10.8. The zero-order valence-electron chi connectivity index (χ0n) is 15.3. The van der Waals surface area contributed by atoms with Crippen molar-refractivity contribution in [1.82, 2.24) is 5.32 Å². The van der Waals surface area contributed by atoms with Gasteiger partial charge in [-0.2, -0.15) is 0 Å². The summed E-state index contributed by atoms with van der Waals surface area (Å²) in [6.07, 6.45) is 1.44. The van der Waals surface area contributed by atoms with E-state index in [4.69, 9.17) is 16.3 Å². The van der Waals surface area contributed by atoms with Crippen molar-refractivity contribution in [3.8, 4) is 5.75 Å². The lowest BCUT2D eigenvalue weighted by molar-refractivity contribution is -0.122. The van der Waals surface area contributed by atoms with Crippen molar-refractivity contribution < 1.29 is 17.9 Å². The van der Waals surface area contributed by atoms with Crippen LogP contribution in [0.5, 0.6) is 5.75 Å². The quantitative estimate of drug-likeness (QED) is 0.644. The van der Waals surface area contributed by atoms with Crippen LogP contribution in [0.4, 0.5) is 5.69 Å². The predicted molar refractivity (Wildman–Crippen MR) is 108 cm³/mol. The number of hydrogen-bond acceptors (Lipinski definition) is 4. The van der Waals surface area contributed by atoms with Crippen LogP contribution < -0.4 is 14.4 Å². The molecule has 0 unspecified atom stereocenters. The van der Waals surface area contributed by atoms with Crippen molar-refractivity contribution in [3.63, 3.8) is 0 Å². The minimum Gasteiger partial charge on any atom is -0.492 e. The van der Waals surface area contributed by atoms with Crippen LogP contribution in [-0.4, -0.2) is 39.8 Å². The van der Waals surface area contributed by atoms with Crippen LogP contribution in [0.15, 0.2) is 54.6 Å². The molecule has 0 bridgehead atoms. The summed E-state index contributed by atoms with van der Waals surface area (Å²) in [5.41, 5.74) is 0.458. The molecule has 0 saturated carbocycles. The average molecular weight is 411 g/mol. The molecule has 146 valence electrons. The van der Waals surface area contributed by atoms with Gasteiger partial charge < -0.3 is 10.1 Å². The van der Waals surface area contributed by atoms with Gasteiger partial charge >= 0.3 is 0 Å². The summed E-state index contributed by atoms with van der Waals surface area (Å²) in [6.45, 7) is 2.29. The predicted octanol–water partition coefficient (Wildman–Crippen LogP) is 3.08. The lowest BCUT2D eigenvalue weighted by atomic mass is 10.2. The SMILES string of the molecule is CC[C@H](C(=O)NCCOc1ccc(Cl)cc1)N(c1ccccc1)S(C)(=O)=O. The Kier molecular flexibility index (Phi) is 7.50. The third-order valence-corrected chi connectivity index (χ3v) is 5.26. The van der Waals surface area contributed by atoms with E-state index < -0.39 is 16.1 Å². The van der Waals surface area contributed by atoms with E-state index >= 15 is 0 Å². The Morgan fingerprint density at radius 3 is 2.33 bits per heavy atom. The van der Waals surface area contributed by atoms with Gasteiger partial charge in [0.15, 0.2) is 0 Å². The minimum atomic E-state index is -3.62. The molecular formula is C19H23ClN2O4S. The fourth-order valence-corrected chi connectivity index (χ4v) is 3.96. The van der Waals surface area contributed by atoms with Crippen LogP contribution in [-0.2, 0) is 14.8 Å². The standard InChI is InChI=1S/C19H23ClN2O4S/c1-3-18(22(27(2,24)25)16-7-5-4-6-8-16)19(23)21-13-14-26-17-11-9-15(20)10-12-17/h4-12,18H,3,13-14H2,1-2H3,(H,21,23)/t18-/m1/s1. The highest BCUT2D eigenvalue weighted by molar-refractivity contribution is 7.92. The van der Waals surface area contributed by atoms with Crippen LogP contribution >= 0.6 is 11.6 Å². The number of anilines is 1. The zero-order chi connectivity index (χ0) is 19.9. The third-order valence-electron chi connectivity index (χ3n) is 3.82. The van der Waals surface area contributed by atoms with Gasteiger partial charge in [-0.05, 0) is 42.8 Å². The van der Waals surface area contributed by atoms with E-state index in [2.05, 4.69) is 5.32 Å². The first-order chi connectivity index (χ1) is 12.8. The topological polar surface area (TPSA) is 75.7 Å². The molecule has 1 N–H and O–H groups in total. The van der Waals surface area contributed by atoms with Crippen molar-refractivity contribution in [1.29, 1.82) is 0 Å². The number of para-hydroxylation sites is 1. The Morgan fingerprint density at radius 2 is 1.78 bits per heavy atom. The number of rotatable bonds is 9. The molecule has 0 aliphatic rings. The second-order valence-corrected chi connectivity index (χ2v) is 8.21. The van der Waals surface area contributed by atoms with Crippen LogP contribution in [0.25, 0.3) is 0 Å². The molecular weight excluding hydrogens is 388 g/mol. The van der Waals surface area contributed by atoms with Gasteiger partial charge in [-0.3, -0.25) is 9.10 Å². The van der Waals surface area contributed by atoms with Crippen molar-refractivity contribution >= 4 is 33.2 Å². The molecule has 2 rings (SSSR count). The lowest BCUT2D eigenvalue weighted by Gasteiger charge is -2.30. The molecule has 2 aromatic carbocycles. The molecule has 0 aromatic heterocycles. The normalized spacial score (nSPS) is 12.3. The maximum atomic E-state index is 12.6. The summed E-state index contributed by atoms with van der Waals surface area (Å²) in [7, 11) is -3.62. The number of benzene rings is 2. The first kappa shape index (κ1) is 21.1. The van der Waals surface area contributed by atoms with Crippen molar-refractivity contribution in [2.75, 3.05) is 23.7 Å². The van der Waals surface area contributed by atoms with Gasteiger partial charge in [-0.1, -0.05) is 36.7 Å². The number of carbonyl (C=O) groups is 1. The van der Waals surface area contributed by atoms with E-state index in [-0.39, 0.29) is 19.1 Å². The number of nitrogens with one attached hydrogen (secondary N) is 1. The molecule has 1 atom stereocenters. The smallest absolute Gasteiger partial charge is 0.244 e. The minimum absolute atomic E-state index is 0.254. The van der Waals surface area contributed by atoms with Crippen LogP contribution in [0.3, 0.4) is 0 Å².